The Morgan fingerprint density at radius 1 is 1.35 bits per heavy atom. The second-order valence-electron chi connectivity index (χ2n) is 5.91. The fourth-order valence-corrected chi connectivity index (χ4v) is 1.66. The Kier molecular flexibility index (Phi) is 6.64. The van der Waals surface area contributed by atoms with E-state index in [9.17, 15) is 9.90 Å². The lowest BCUT2D eigenvalue weighted by molar-refractivity contribution is 0.0915. The molecule has 0 aliphatic rings. The summed E-state index contributed by atoms with van der Waals surface area (Å²) in [6.45, 7) is 9.40. The molecule has 1 aromatic rings. The van der Waals surface area contributed by atoms with Crippen LogP contribution in [-0.2, 0) is 6.54 Å². The monoisotopic (exact) mass is 282 g/mol. The Labute approximate surface area is 120 Å². The minimum atomic E-state index is -0.392. The fraction of sp³-hybridized carbons (Fsp3) is 0.786. The third kappa shape index (κ3) is 5.69. The summed E-state index contributed by atoms with van der Waals surface area (Å²) in [5.41, 5.74) is 0.327. The molecule has 0 saturated heterocycles. The number of rotatable bonds is 8. The van der Waals surface area contributed by atoms with Gasteiger partial charge >= 0.3 is 0 Å². The van der Waals surface area contributed by atoms with Gasteiger partial charge in [-0.15, -0.1) is 5.10 Å². The van der Waals surface area contributed by atoms with E-state index in [0.717, 1.165) is 13.0 Å². The number of carbonyl (C=O) groups excluding carboxylic acids is 1. The van der Waals surface area contributed by atoms with Gasteiger partial charge in [-0.2, -0.15) is 0 Å². The predicted molar refractivity (Wildman–Crippen MR) is 77.3 cm³/mol. The van der Waals surface area contributed by atoms with Gasteiger partial charge in [0.25, 0.3) is 5.91 Å². The summed E-state index contributed by atoms with van der Waals surface area (Å²) in [7, 11) is 0. The molecule has 114 valence electrons. The highest BCUT2D eigenvalue weighted by atomic mass is 16.3. The molecule has 1 unspecified atom stereocenters. The van der Waals surface area contributed by atoms with Crippen molar-refractivity contribution in [1.29, 1.82) is 0 Å². The summed E-state index contributed by atoms with van der Waals surface area (Å²) in [5, 5.41) is 20.2. The summed E-state index contributed by atoms with van der Waals surface area (Å²) >= 11 is 0. The molecule has 2 N–H and O–H groups in total. The molecule has 0 saturated carbocycles. The Hall–Kier alpha value is -1.43. The van der Waals surface area contributed by atoms with E-state index in [1.54, 1.807) is 10.9 Å². The first-order valence-electron chi connectivity index (χ1n) is 7.26. The highest BCUT2D eigenvalue weighted by Gasteiger charge is 2.13. The van der Waals surface area contributed by atoms with E-state index in [0.29, 0.717) is 24.6 Å². The van der Waals surface area contributed by atoms with Crippen molar-refractivity contribution in [2.75, 3.05) is 6.54 Å². The summed E-state index contributed by atoms with van der Waals surface area (Å²) < 4.78 is 1.69. The number of aromatic nitrogens is 3. The number of nitrogens with zero attached hydrogens (tertiary/aromatic N) is 3. The smallest absolute Gasteiger partial charge is 0.273 e. The Morgan fingerprint density at radius 2 is 2.05 bits per heavy atom. The van der Waals surface area contributed by atoms with Crippen LogP contribution in [0.15, 0.2) is 6.20 Å². The van der Waals surface area contributed by atoms with Crippen molar-refractivity contribution in [2.45, 2.75) is 53.2 Å². The number of nitrogens with one attached hydrogen (secondary N) is 1. The zero-order chi connectivity index (χ0) is 15.1. The van der Waals surface area contributed by atoms with Crippen LogP contribution >= 0.6 is 0 Å². The lowest BCUT2D eigenvalue weighted by Crippen LogP contribution is -2.29. The lowest BCUT2D eigenvalue weighted by atomic mass is 10.0. The molecular formula is C14H26N4O2. The van der Waals surface area contributed by atoms with Crippen molar-refractivity contribution < 1.29 is 9.90 Å². The number of amides is 1. The van der Waals surface area contributed by atoms with E-state index in [2.05, 4.69) is 29.5 Å². The third-order valence-corrected chi connectivity index (χ3v) is 3.20. The minimum absolute atomic E-state index is 0.198. The second-order valence-corrected chi connectivity index (χ2v) is 5.91. The van der Waals surface area contributed by atoms with Crippen molar-refractivity contribution in [2.24, 2.45) is 11.8 Å². The fourth-order valence-electron chi connectivity index (χ4n) is 1.66. The molecule has 0 aromatic carbocycles. The maximum absolute atomic E-state index is 11.8. The number of aryl methyl sites for hydroxylation is 1. The largest absolute Gasteiger partial charge is 0.393 e. The van der Waals surface area contributed by atoms with Gasteiger partial charge in [0.15, 0.2) is 5.69 Å². The van der Waals surface area contributed by atoms with E-state index in [1.165, 1.54) is 0 Å². The van der Waals surface area contributed by atoms with Crippen LogP contribution in [0.4, 0.5) is 0 Å². The molecule has 0 spiro atoms. The number of hydrogen-bond donors (Lipinski definition) is 2. The minimum Gasteiger partial charge on any atom is -0.393 e. The standard InChI is InChI=1S/C14H26N4O2/c1-10(2)6-8-18-9-12(16-17-18)14(20)15-7-5-13(19)11(3)4/h9-11,13,19H,5-8H2,1-4H3,(H,15,20). The van der Waals surface area contributed by atoms with Gasteiger partial charge in [0.05, 0.1) is 12.3 Å². The Morgan fingerprint density at radius 3 is 2.65 bits per heavy atom. The molecule has 0 fully saturated rings. The van der Waals surface area contributed by atoms with E-state index < -0.39 is 6.10 Å². The molecule has 0 aliphatic carbocycles. The van der Waals surface area contributed by atoms with Crippen LogP contribution in [-0.4, -0.2) is 38.7 Å². The molecule has 6 nitrogen and oxygen atoms in total. The molecule has 1 heterocycles. The SMILES string of the molecule is CC(C)CCn1cc(C(=O)NCCC(O)C(C)C)nn1. The number of hydrogen-bond acceptors (Lipinski definition) is 4. The number of aliphatic hydroxyl groups is 1. The number of aliphatic hydroxyl groups excluding tert-OH is 1. The molecule has 1 atom stereocenters. The summed E-state index contributed by atoms with van der Waals surface area (Å²) in [5.74, 6) is 0.551. The van der Waals surface area contributed by atoms with Gasteiger partial charge < -0.3 is 10.4 Å². The van der Waals surface area contributed by atoms with Gasteiger partial charge in [0, 0.05) is 13.1 Å². The first kappa shape index (κ1) is 16.6. The average molecular weight is 282 g/mol. The topological polar surface area (TPSA) is 80.0 Å². The zero-order valence-electron chi connectivity index (χ0n) is 12.8. The van der Waals surface area contributed by atoms with Gasteiger partial charge in [0.1, 0.15) is 0 Å². The molecule has 0 aliphatic heterocycles. The first-order chi connectivity index (χ1) is 9.40. The van der Waals surface area contributed by atoms with Gasteiger partial charge in [0.2, 0.25) is 0 Å². The summed E-state index contributed by atoms with van der Waals surface area (Å²) in [6.07, 6.45) is 2.82. The van der Waals surface area contributed by atoms with Crippen molar-refractivity contribution in [3.63, 3.8) is 0 Å². The molecule has 1 amide bonds. The third-order valence-electron chi connectivity index (χ3n) is 3.20. The molecule has 1 aromatic heterocycles. The van der Waals surface area contributed by atoms with Gasteiger partial charge in [-0.05, 0) is 24.7 Å². The van der Waals surface area contributed by atoms with Crippen LogP contribution in [0, 0.1) is 11.8 Å². The maximum Gasteiger partial charge on any atom is 0.273 e. The second kappa shape index (κ2) is 7.99. The molecule has 1 rings (SSSR count). The molecule has 0 bridgehead atoms. The predicted octanol–water partition coefficient (Wildman–Crippen LogP) is 1.46. The van der Waals surface area contributed by atoms with Gasteiger partial charge in [-0.1, -0.05) is 32.9 Å². The van der Waals surface area contributed by atoms with Crippen molar-refractivity contribution >= 4 is 5.91 Å². The van der Waals surface area contributed by atoms with Crippen LogP contribution in [0.2, 0.25) is 0 Å². The van der Waals surface area contributed by atoms with E-state index in [4.69, 9.17) is 0 Å². The Balaban J connectivity index is 2.36. The lowest BCUT2D eigenvalue weighted by Gasteiger charge is -2.13. The van der Waals surface area contributed by atoms with Crippen molar-refractivity contribution in [3.05, 3.63) is 11.9 Å². The average Bonchev–Trinajstić information content (AvgIpc) is 2.84. The van der Waals surface area contributed by atoms with Crippen LogP contribution in [0.1, 0.15) is 51.0 Å². The van der Waals surface area contributed by atoms with Crippen LogP contribution < -0.4 is 5.32 Å². The normalized spacial score (nSPS) is 12.9. The molecule has 6 heteroatoms. The molecule has 20 heavy (non-hydrogen) atoms. The first-order valence-corrected chi connectivity index (χ1v) is 7.26. The van der Waals surface area contributed by atoms with Crippen LogP contribution in [0.25, 0.3) is 0 Å². The van der Waals surface area contributed by atoms with E-state index in [1.807, 2.05) is 13.8 Å². The zero-order valence-corrected chi connectivity index (χ0v) is 12.8. The summed E-state index contributed by atoms with van der Waals surface area (Å²) in [4.78, 5) is 11.8. The maximum atomic E-state index is 11.8. The Bertz CT molecular complexity index is 415. The van der Waals surface area contributed by atoms with Crippen molar-refractivity contribution in [3.8, 4) is 0 Å². The van der Waals surface area contributed by atoms with E-state index in [-0.39, 0.29) is 11.8 Å². The quantitative estimate of drug-likeness (QED) is 0.756. The van der Waals surface area contributed by atoms with Crippen molar-refractivity contribution in [1.82, 2.24) is 20.3 Å². The highest BCUT2D eigenvalue weighted by Crippen LogP contribution is 2.05. The molecular weight excluding hydrogens is 256 g/mol. The molecule has 0 radical (unpaired) electrons. The summed E-state index contributed by atoms with van der Waals surface area (Å²) in [6, 6.07) is 0. The van der Waals surface area contributed by atoms with Crippen LogP contribution in [0.3, 0.4) is 0 Å². The van der Waals surface area contributed by atoms with Gasteiger partial charge in [-0.25, -0.2) is 0 Å². The van der Waals surface area contributed by atoms with Gasteiger partial charge in [-0.3, -0.25) is 9.48 Å². The van der Waals surface area contributed by atoms with Crippen LogP contribution in [0.5, 0.6) is 0 Å². The number of carbonyl (C=O) groups is 1. The highest BCUT2D eigenvalue weighted by molar-refractivity contribution is 5.91. The van der Waals surface area contributed by atoms with E-state index >= 15 is 0 Å².